The van der Waals surface area contributed by atoms with Crippen molar-refractivity contribution in [1.82, 2.24) is 30.2 Å². The average molecular weight is 1050 g/mol. The predicted octanol–water partition coefficient (Wildman–Crippen LogP) is 8.27. The third-order valence-corrected chi connectivity index (χ3v) is 16.0. The number of hydrogen-bond donors (Lipinski definition) is 4. The lowest BCUT2D eigenvalue weighted by atomic mass is 9.77. The van der Waals surface area contributed by atoms with Gasteiger partial charge in [-0.15, -0.1) is 0 Å². The lowest BCUT2D eigenvalue weighted by Gasteiger charge is -2.32. The van der Waals surface area contributed by atoms with Crippen LogP contribution in [0.25, 0.3) is 22.0 Å². The maximum absolute atomic E-state index is 16.4. The zero-order chi connectivity index (χ0) is 52.9. The Morgan fingerprint density at radius 1 is 0.960 bits per heavy atom. The number of aliphatic hydroxyl groups is 1. The number of nitrogens with one attached hydrogen (secondary N) is 2. The number of ether oxygens (including phenoxy) is 2. The number of nitrogens with two attached hydrogens (primary N) is 1. The lowest BCUT2D eigenvalue weighted by molar-refractivity contribution is -0.135. The van der Waals surface area contributed by atoms with Crippen molar-refractivity contribution in [3.05, 3.63) is 130 Å². The Bertz CT molecular complexity index is 3150. The Balaban J connectivity index is 0.765. The van der Waals surface area contributed by atoms with Crippen LogP contribution in [-0.4, -0.2) is 100 Å². The Hall–Kier alpha value is -7.12. The second-order valence-electron chi connectivity index (χ2n) is 20.1. The Labute approximate surface area is 435 Å². The number of benzene rings is 4. The molecule has 5 aliphatic rings. The van der Waals surface area contributed by atoms with Crippen molar-refractivity contribution in [2.75, 3.05) is 50.8 Å². The summed E-state index contributed by atoms with van der Waals surface area (Å²) in [6.07, 6.45) is 11.9. The number of aryl methyl sites for hydroxylation is 1. The first-order valence-corrected chi connectivity index (χ1v) is 25.7. The van der Waals surface area contributed by atoms with Gasteiger partial charge < -0.3 is 35.4 Å². The van der Waals surface area contributed by atoms with Gasteiger partial charge in [-0.05, 0) is 86.7 Å². The number of amides is 5. The first-order valence-electron chi connectivity index (χ1n) is 25.3. The quantitative estimate of drug-likeness (QED) is 0.0790. The number of carbonyl (C=O) groups is 4. The molecule has 1 saturated carbocycles. The molecule has 15 nitrogen and oxygen atoms in total. The number of anilines is 1. The van der Waals surface area contributed by atoms with Crippen LogP contribution in [0, 0.1) is 35.1 Å². The molecule has 0 spiro atoms. The van der Waals surface area contributed by atoms with Crippen LogP contribution in [0.5, 0.6) is 11.5 Å². The first kappa shape index (κ1) is 51.4. The second-order valence-corrected chi connectivity index (χ2v) is 20.4. The van der Waals surface area contributed by atoms with Crippen molar-refractivity contribution in [3.63, 3.8) is 0 Å². The van der Waals surface area contributed by atoms with E-state index in [1.54, 1.807) is 0 Å². The van der Waals surface area contributed by atoms with E-state index in [9.17, 15) is 24.3 Å². The molecule has 4 fully saturated rings. The molecule has 5 amide bonds. The molecule has 394 valence electrons. The van der Waals surface area contributed by atoms with Gasteiger partial charge in [-0.3, -0.25) is 29.3 Å². The summed E-state index contributed by atoms with van der Waals surface area (Å²) >= 11 is 6.69. The third kappa shape index (κ3) is 9.53. The van der Waals surface area contributed by atoms with Crippen LogP contribution < -0.4 is 30.7 Å². The van der Waals surface area contributed by atoms with Gasteiger partial charge in [0.25, 0.3) is 0 Å². The van der Waals surface area contributed by atoms with E-state index in [4.69, 9.17) is 26.8 Å². The molecule has 1 aliphatic carbocycles. The molecule has 3 saturated heterocycles. The summed E-state index contributed by atoms with van der Waals surface area (Å²) in [7, 11) is 1.54. The minimum Gasteiger partial charge on any atom is -0.488 e. The van der Waals surface area contributed by atoms with E-state index in [1.807, 2.05) is 60.6 Å². The van der Waals surface area contributed by atoms with E-state index in [-0.39, 0.29) is 93.8 Å². The first-order chi connectivity index (χ1) is 36.1. The molecule has 4 aromatic carbocycles. The van der Waals surface area contributed by atoms with Gasteiger partial charge in [0.2, 0.25) is 17.7 Å². The van der Waals surface area contributed by atoms with Crippen LogP contribution in [0.15, 0.2) is 79.1 Å². The minimum atomic E-state index is -1.25. The van der Waals surface area contributed by atoms with Crippen LogP contribution >= 0.6 is 11.6 Å². The highest BCUT2D eigenvalue weighted by atomic mass is 35.5. The van der Waals surface area contributed by atoms with Gasteiger partial charge in [0.05, 0.1) is 22.6 Å². The number of hydrogen-bond acceptors (Lipinski definition) is 10. The summed E-state index contributed by atoms with van der Waals surface area (Å²) < 4.78 is 77.7. The number of rotatable bonds is 14. The SMILES string of the molecule is C[C@H]1c2c(cc(F)c(Cl)c2-c2c(C(N)=O)ccc(OCCO)c2F)O[C@]1(/C=C\NC1CCC(C(=O)N2CCC(/C=C\N3CC[C@H](c4c(F)cc5c(N6CCC(=O)NC6=O)nn(C)c5c4F)C3)C2)CC1)c1ccccc1. The molecule has 0 radical (unpaired) electrons. The molecule has 1 aromatic heterocycles. The monoisotopic (exact) mass is 1050 g/mol. The number of aliphatic hydroxyl groups excluding tert-OH is 1. The summed E-state index contributed by atoms with van der Waals surface area (Å²) in [6.45, 7) is 3.48. The number of primary amides is 1. The maximum atomic E-state index is 16.4. The maximum Gasteiger partial charge on any atom is 0.329 e. The molecule has 75 heavy (non-hydrogen) atoms. The van der Waals surface area contributed by atoms with Gasteiger partial charge in [0, 0.05) is 98.3 Å². The Morgan fingerprint density at radius 2 is 1.73 bits per heavy atom. The highest BCUT2D eigenvalue weighted by molar-refractivity contribution is 6.34. The highest BCUT2D eigenvalue weighted by Gasteiger charge is 2.49. The van der Waals surface area contributed by atoms with Crippen molar-refractivity contribution >= 4 is 52.1 Å². The highest BCUT2D eigenvalue weighted by Crippen LogP contribution is 2.57. The van der Waals surface area contributed by atoms with E-state index in [0.29, 0.717) is 51.0 Å². The molecule has 4 aliphatic heterocycles. The fraction of sp³-hybridized carbons (Fsp3) is 0.400. The van der Waals surface area contributed by atoms with Crippen molar-refractivity contribution in [1.29, 1.82) is 0 Å². The van der Waals surface area contributed by atoms with Gasteiger partial charge >= 0.3 is 6.03 Å². The topological polar surface area (TPSA) is 185 Å². The zero-order valence-electron chi connectivity index (χ0n) is 41.4. The second kappa shape index (κ2) is 20.9. The van der Waals surface area contributed by atoms with Crippen LogP contribution in [0.1, 0.15) is 90.8 Å². The summed E-state index contributed by atoms with van der Waals surface area (Å²) in [5.74, 6) is -5.74. The van der Waals surface area contributed by atoms with Gasteiger partial charge in [-0.2, -0.15) is 5.10 Å². The summed E-state index contributed by atoms with van der Waals surface area (Å²) in [5.41, 5.74) is 4.94. The molecule has 1 unspecified atom stereocenters. The molecular weight excluding hydrogens is 996 g/mol. The van der Waals surface area contributed by atoms with Gasteiger partial charge in [0.15, 0.2) is 28.8 Å². The third-order valence-electron chi connectivity index (χ3n) is 15.6. The number of imide groups is 1. The van der Waals surface area contributed by atoms with Crippen molar-refractivity contribution in [2.24, 2.45) is 24.6 Å². The van der Waals surface area contributed by atoms with E-state index in [0.717, 1.165) is 30.9 Å². The summed E-state index contributed by atoms with van der Waals surface area (Å²) in [4.78, 5) is 56.1. The normalized spacial score (nSPS) is 23.9. The van der Waals surface area contributed by atoms with Crippen molar-refractivity contribution in [3.8, 4) is 22.6 Å². The predicted molar refractivity (Wildman–Crippen MR) is 272 cm³/mol. The van der Waals surface area contributed by atoms with E-state index < -0.39 is 70.2 Å². The van der Waals surface area contributed by atoms with Crippen LogP contribution in [-0.2, 0) is 22.2 Å². The number of fused-ring (bicyclic) bond motifs is 2. The molecule has 5 aromatic rings. The van der Waals surface area contributed by atoms with E-state index in [1.165, 1.54) is 34.8 Å². The van der Waals surface area contributed by atoms with Crippen LogP contribution in [0.2, 0.25) is 5.02 Å². The average Bonchev–Trinajstić information content (AvgIpc) is 4.22. The molecule has 4 atom stereocenters. The van der Waals surface area contributed by atoms with E-state index in [2.05, 4.69) is 26.7 Å². The standard InChI is InChI=1S/C55H57ClF4N8O7/c1-30-43-41(27-39(58)47(56)46(43)45-36(51(61)71)12-13-40(48(45)59)74-25-24-69)75-55(30,34-6-4-3-5-7-34)18-19-62-35-10-8-32(9-11-35)53(72)67-22-15-31(28-67)14-20-66-21-16-33(29-66)44-38(57)26-37-50(49(44)60)65(2)64-52(37)68-23-17-42(70)63-54(68)73/h3-7,12-14,18-20,26-27,30-33,35,62,69H,8-11,15-17,21-25,28-29H2,1-2H3,(H2,61,71)(H,63,70,73)/b19-18-,20-14-/t30-,31?,32?,33-,35?,55-/m0/s1. The largest absolute Gasteiger partial charge is 0.488 e. The fourth-order valence-corrected chi connectivity index (χ4v) is 12.0. The number of aromatic nitrogens is 2. The fourth-order valence-electron chi connectivity index (χ4n) is 11.7. The van der Waals surface area contributed by atoms with Crippen LogP contribution in [0.4, 0.5) is 28.2 Å². The van der Waals surface area contributed by atoms with Gasteiger partial charge in [-0.1, -0.05) is 54.9 Å². The molecular formula is C55H57ClF4N8O7. The smallest absolute Gasteiger partial charge is 0.329 e. The lowest BCUT2D eigenvalue weighted by Crippen LogP contribution is -2.49. The number of nitrogens with zero attached hydrogens (tertiary/aromatic N) is 5. The minimum absolute atomic E-state index is 0.0197. The number of likely N-dealkylation sites (tertiary alicyclic amines) is 2. The number of urea groups is 1. The van der Waals surface area contributed by atoms with Crippen molar-refractivity contribution < 1.29 is 51.3 Å². The molecule has 5 heterocycles. The Kier molecular flexibility index (Phi) is 14.3. The summed E-state index contributed by atoms with van der Waals surface area (Å²) in [6, 6.07) is 13.5. The van der Waals surface area contributed by atoms with Crippen LogP contribution in [0.3, 0.4) is 0 Å². The molecule has 20 heteroatoms. The van der Waals surface area contributed by atoms with Gasteiger partial charge in [-0.25, -0.2) is 22.4 Å². The van der Waals surface area contributed by atoms with E-state index >= 15 is 17.6 Å². The molecule has 5 N–H and O–H groups in total. The van der Waals surface area contributed by atoms with Crippen molar-refractivity contribution in [2.45, 2.75) is 75.3 Å². The Morgan fingerprint density at radius 3 is 2.47 bits per heavy atom. The molecule has 0 bridgehead atoms. The summed E-state index contributed by atoms with van der Waals surface area (Å²) in [5, 5.41) is 19.2. The number of halogens is 5. The number of carbonyl (C=O) groups excluding carboxylic acids is 4. The van der Waals surface area contributed by atoms with Gasteiger partial charge in [0.1, 0.15) is 29.5 Å². The molecule has 10 rings (SSSR count). The zero-order valence-corrected chi connectivity index (χ0v) is 42.1.